The van der Waals surface area contributed by atoms with Crippen LogP contribution in [-0.4, -0.2) is 28.3 Å². The maximum Gasteiger partial charge on any atom is 0.179 e. The van der Waals surface area contributed by atoms with Gasteiger partial charge in [0, 0.05) is 39.0 Å². The summed E-state index contributed by atoms with van der Waals surface area (Å²) in [5, 5.41) is 4.12. The molecule has 0 amide bonds. The van der Waals surface area contributed by atoms with E-state index >= 15 is 0 Å². The monoisotopic (exact) mass is 902 g/mol. The van der Waals surface area contributed by atoms with Gasteiger partial charge in [0.1, 0.15) is 0 Å². The molecular formula is C44H54O4S8. The van der Waals surface area contributed by atoms with Crippen molar-refractivity contribution >= 4 is 87.7 Å². The minimum atomic E-state index is -3.64. The Morgan fingerprint density at radius 1 is 0.393 bits per heavy atom. The molecular weight excluding hydrogens is 849 g/mol. The summed E-state index contributed by atoms with van der Waals surface area (Å²) in [4.78, 5) is 10.1. The largest absolute Gasteiger partial charge is 0.224 e. The lowest BCUT2D eigenvalue weighted by Crippen LogP contribution is -2.07. The Morgan fingerprint density at radius 3 is 1.23 bits per heavy atom. The zero-order valence-electron chi connectivity index (χ0n) is 32.6. The van der Waals surface area contributed by atoms with Gasteiger partial charge < -0.3 is 0 Å². The Morgan fingerprint density at radius 2 is 0.768 bits per heavy atom. The number of sulfone groups is 2. The van der Waals surface area contributed by atoms with Crippen LogP contribution in [0.25, 0.3) is 48.8 Å². The number of thiophene rings is 6. The second-order valence-corrected chi connectivity index (χ2v) is 24.8. The van der Waals surface area contributed by atoms with Crippen molar-refractivity contribution in [1.29, 1.82) is 0 Å². The molecule has 0 aliphatic carbocycles. The third kappa shape index (κ3) is 11.6. The fourth-order valence-corrected chi connectivity index (χ4v) is 17.3. The van der Waals surface area contributed by atoms with E-state index in [1.807, 2.05) is 24.3 Å². The van der Waals surface area contributed by atoms with Crippen LogP contribution in [0.3, 0.4) is 0 Å². The molecule has 0 bridgehead atoms. The van der Waals surface area contributed by atoms with E-state index in [1.54, 1.807) is 51.4 Å². The summed E-state index contributed by atoms with van der Waals surface area (Å²) in [5.74, 6) is 0.182. The van der Waals surface area contributed by atoms with E-state index in [1.165, 1.54) is 78.9 Å². The van der Waals surface area contributed by atoms with Gasteiger partial charge in [-0.2, -0.15) is 0 Å². The summed E-state index contributed by atoms with van der Waals surface area (Å²) in [6.07, 6.45) is 17.2. The molecule has 6 aromatic heterocycles. The van der Waals surface area contributed by atoms with Gasteiger partial charge >= 0.3 is 0 Å². The fraction of sp³-hybridized carbons (Fsp3) is 0.455. The molecule has 12 heteroatoms. The van der Waals surface area contributed by atoms with Gasteiger partial charge in [-0.1, -0.05) is 116 Å². The van der Waals surface area contributed by atoms with E-state index < -0.39 is 19.7 Å². The van der Waals surface area contributed by atoms with Crippen molar-refractivity contribution in [1.82, 2.24) is 0 Å². The quantitative estimate of drug-likeness (QED) is 0.0537. The van der Waals surface area contributed by atoms with Crippen LogP contribution in [0.1, 0.15) is 117 Å². The molecule has 0 aliphatic rings. The SMILES string of the molecule is CCCCCCCCCCS(=O)(=O)c1cc(-c2ccc(-c3cccs3)s2)sc1-c1cc(S(=O)(=O)CCCCCCCCCC)c(-c2ccc(-c3cccs3)s2)s1. The molecule has 0 spiro atoms. The van der Waals surface area contributed by atoms with Crippen LogP contribution < -0.4 is 0 Å². The Labute approximate surface area is 359 Å². The molecule has 0 saturated carbocycles. The van der Waals surface area contributed by atoms with Gasteiger partial charge in [-0.25, -0.2) is 16.8 Å². The molecule has 302 valence electrons. The first kappa shape index (κ1) is 43.7. The number of unbranched alkanes of at least 4 members (excludes halogenated alkanes) is 14. The molecule has 0 fully saturated rings. The zero-order chi connectivity index (χ0) is 39.4. The average Bonchev–Trinajstić information content (AvgIpc) is 4.03. The van der Waals surface area contributed by atoms with Crippen LogP contribution >= 0.6 is 68.0 Å². The minimum absolute atomic E-state index is 0.0902. The smallest absolute Gasteiger partial charge is 0.179 e. The Kier molecular flexibility index (Phi) is 16.7. The Hall–Kier alpha value is -1.90. The van der Waals surface area contributed by atoms with E-state index in [4.69, 9.17) is 0 Å². The predicted molar refractivity (Wildman–Crippen MR) is 250 cm³/mol. The molecule has 0 aromatic carbocycles. The maximum absolute atomic E-state index is 14.3. The van der Waals surface area contributed by atoms with Gasteiger partial charge in [-0.3, -0.25) is 0 Å². The van der Waals surface area contributed by atoms with Crippen LogP contribution in [0.4, 0.5) is 0 Å². The van der Waals surface area contributed by atoms with Crippen LogP contribution in [-0.2, 0) is 19.7 Å². The van der Waals surface area contributed by atoms with Crippen LogP contribution in [0.5, 0.6) is 0 Å². The van der Waals surface area contributed by atoms with Crippen LogP contribution in [0.15, 0.2) is 81.2 Å². The highest BCUT2D eigenvalue weighted by atomic mass is 32.2. The molecule has 0 atom stereocenters. The fourth-order valence-electron chi connectivity index (χ4n) is 6.89. The molecule has 0 saturated heterocycles. The average molecular weight is 903 g/mol. The molecule has 6 aromatic rings. The number of rotatable bonds is 25. The molecule has 0 N–H and O–H groups in total. The van der Waals surface area contributed by atoms with Crippen molar-refractivity contribution < 1.29 is 16.8 Å². The van der Waals surface area contributed by atoms with Crippen LogP contribution in [0, 0.1) is 0 Å². The molecule has 56 heavy (non-hydrogen) atoms. The van der Waals surface area contributed by atoms with Gasteiger partial charge in [0.15, 0.2) is 19.7 Å². The molecule has 0 unspecified atom stereocenters. The first-order valence-electron chi connectivity index (χ1n) is 20.2. The standard InChI is InChI=1S/C44H54O4S8/c1-3-5-7-9-11-13-15-17-29-55(45,46)41-31-39(37-24-23-35(51-37)33-21-19-27-49-33)53-44(41)40-32-42(56(47,48)30-18-16-14-12-10-8-6-4-2)43(54-40)38-26-25-36(52-38)34-22-20-28-50-34/h19-28,31-32H,3-18,29-30H2,1-2H3. The Bertz CT molecular complexity index is 2280. The zero-order valence-corrected chi connectivity index (χ0v) is 39.1. The van der Waals surface area contributed by atoms with E-state index in [2.05, 4.69) is 54.9 Å². The van der Waals surface area contributed by atoms with Gasteiger partial charge in [0.2, 0.25) is 0 Å². The number of hydrogen-bond acceptors (Lipinski definition) is 10. The molecule has 6 heterocycles. The lowest BCUT2D eigenvalue weighted by molar-refractivity contribution is 0.572. The first-order chi connectivity index (χ1) is 27.2. The summed E-state index contributed by atoms with van der Waals surface area (Å²) >= 11 is 9.54. The third-order valence-electron chi connectivity index (χ3n) is 10.0. The van der Waals surface area contributed by atoms with Crippen molar-refractivity contribution in [2.75, 3.05) is 11.5 Å². The summed E-state index contributed by atoms with van der Waals surface area (Å²) in [6.45, 7) is 4.43. The van der Waals surface area contributed by atoms with Crippen molar-refractivity contribution in [3.63, 3.8) is 0 Å². The second kappa shape index (κ2) is 21.4. The van der Waals surface area contributed by atoms with Crippen molar-refractivity contribution in [2.24, 2.45) is 0 Å². The Balaban J connectivity index is 1.33. The second-order valence-electron chi connectivity index (χ2n) is 14.5. The highest BCUT2D eigenvalue weighted by Crippen LogP contribution is 2.51. The van der Waals surface area contributed by atoms with E-state index in [9.17, 15) is 16.8 Å². The summed E-state index contributed by atoms with van der Waals surface area (Å²) in [5.41, 5.74) is 0. The van der Waals surface area contributed by atoms with Gasteiger partial charge in [0.25, 0.3) is 0 Å². The number of hydrogen-bond donors (Lipinski definition) is 0. The third-order valence-corrected chi connectivity index (χ3v) is 21.1. The van der Waals surface area contributed by atoms with Gasteiger partial charge in [0.05, 0.1) is 31.1 Å². The predicted octanol–water partition coefficient (Wildman–Crippen LogP) is 16.2. The molecule has 6 rings (SSSR count). The summed E-state index contributed by atoms with van der Waals surface area (Å²) in [7, 11) is -7.28. The van der Waals surface area contributed by atoms with E-state index in [0.717, 1.165) is 67.8 Å². The van der Waals surface area contributed by atoms with Gasteiger partial charge in [-0.15, -0.1) is 68.0 Å². The maximum atomic E-state index is 14.3. The van der Waals surface area contributed by atoms with Crippen molar-refractivity contribution in [3.05, 3.63) is 71.4 Å². The topological polar surface area (TPSA) is 68.3 Å². The highest BCUT2D eigenvalue weighted by Gasteiger charge is 2.30. The minimum Gasteiger partial charge on any atom is -0.224 e. The molecule has 0 aliphatic heterocycles. The first-order valence-corrected chi connectivity index (χ1v) is 28.5. The lowest BCUT2D eigenvalue weighted by atomic mass is 10.1. The lowest BCUT2D eigenvalue weighted by Gasteiger charge is -2.06. The summed E-state index contributed by atoms with van der Waals surface area (Å²) in [6, 6.07) is 20.2. The van der Waals surface area contributed by atoms with Crippen molar-refractivity contribution in [2.45, 2.75) is 126 Å². The van der Waals surface area contributed by atoms with E-state index in [-0.39, 0.29) is 11.5 Å². The molecule has 4 nitrogen and oxygen atoms in total. The van der Waals surface area contributed by atoms with E-state index in [0.29, 0.717) is 37.3 Å². The normalized spacial score (nSPS) is 12.2. The van der Waals surface area contributed by atoms with Crippen molar-refractivity contribution in [3.8, 4) is 48.8 Å². The summed E-state index contributed by atoms with van der Waals surface area (Å²) < 4.78 is 57.2. The van der Waals surface area contributed by atoms with Gasteiger partial charge in [-0.05, 0) is 72.1 Å². The van der Waals surface area contributed by atoms with Crippen LogP contribution in [0.2, 0.25) is 0 Å². The highest BCUT2D eigenvalue weighted by molar-refractivity contribution is 7.92. The molecule has 0 radical (unpaired) electrons.